The first kappa shape index (κ1) is 15.7. The molecule has 0 aliphatic carbocycles. The standard InChI is InChI=1S/C17H20N6O2/c1-10-4-5-14-18-19-16(23(14)20-10)13-6-8-22(9-7-13)17(24)15-11(2)21-25-12(15)3/h4-5,13H,6-9H2,1-3H3. The molecule has 0 bridgehead atoms. The van der Waals surface area contributed by atoms with Gasteiger partial charge in [0.1, 0.15) is 11.3 Å². The van der Waals surface area contributed by atoms with Gasteiger partial charge in [0.05, 0.1) is 11.4 Å². The van der Waals surface area contributed by atoms with Gasteiger partial charge in [-0.05, 0) is 45.7 Å². The Morgan fingerprint density at radius 1 is 1.16 bits per heavy atom. The van der Waals surface area contributed by atoms with Gasteiger partial charge in [-0.2, -0.15) is 9.61 Å². The van der Waals surface area contributed by atoms with Crippen LogP contribution in [0.3, 0.4) is 0 Å². The van der Waals surface area contributed by atoms with Crippen molar-refractivity contribution >= 4 is 11.6 Å². The molecule has 0 saturated carbocycles. The molecule has 1 amide bonds. The van der Waals surface area contributed by atoms with Crippen molar-refractivity contribution in [3.63, 3.8) is 0 Å². The minimum atomic E-state index is -0.00484. The molecule has 0 radical (unpaired) electrons. The lowest BCUT2D eigenvalue weighted by Gasteiger charge is -2.31. The molecule has 3 aromatic heterocycles. The Morgan fingerprint density at radius 3 is 2.60 bits per heavy atom. The maximum atomic E-state index is 12.7. The molecule has 0 unspecified atom stereocenters. The van der Waals surface area contributed by atoms with Crippen LogP contribution in [0.15, 0.2) is 16.7 Å². The molecule has 8 nitrogen and oxygen atoms in total. The summed E-state index contributed by atoms with van der Waals surface area (Å²) in [6.07, 6.45) is 1.68. The van der Waals surface area contributed by atoms with Crippen molar-refractivity contribution in [2.75, 3.05) is 13.1 Å². The van der Waals surface area contributed by atoms with Gasteiger partial charge in [-0.1, -0.05) is 5.16 Å². The van der Waals surface area contributed by atoms with E-state index in [1.54, 1.807) is 13.8 Å². The van der Waals surface area contributed by atoms with E-state index in [9.17, 15) is 4.79 Å². The average molecular weight is 340 g/mol. The van der Waals surface area contributed by atoms with Crippen molar-refractivity contribution in [2.45, 2.75) is 39.5 Å². The summed E-state index contributed by atoms with van der Waals surface area (Å²) >= 11 is 0. The van der Waals surface area contributed by atoms with Crippen molar-refractivity contribution in [3.05, 3.63) is 40.7 Å². The average Bonchev–Trinajstić information content (AvgIpc) is 3.17. The van der Waals surface area contributed by atoms with Crippen LogP contribution in [0.25, 0.3) is 5.65 Å². The van der Waals surface area contributed by atoms with E-state index in [0.29, 0.717) is 30.1 Å². The van der Waals surface area contributed by atoms with E-state index in [-0.39, 0.29) is 11.8 Å². The highest BCUT2D eigenvalue weighted by Crippen LogP contribution is 2.28. The minimum Gasteiger partial charge on any atom is -0.361 e. The Balaban J connectivity index is 1.51. The molecule has 4 rings (SSSR count). The summed E-state index contributed by atoms with van der Waals surface area (Å²) in [4.78, 5) is 14.6. The van der Waals surface area contributed by atoms with Gasteiger partial charge in [-0.3, -0.25) is 4.79 Å². The van der Waals surface area contributed by atoms with Crippen molar-refractivity contribution in [1.29, 1.82) is 0 Å². The summed E-state index contributed by atoms with van der Waals surface area (Å²) in [5, 5.41) is 16.9. The lowest BCUT2D eigenvalue weighted by atomic mass is 9.95. The van der Waals surface area contributed by atoms with Crippen LogP contribution in [0.2, 0.25) is 0 Å². The second-order valence-electron chi connectivity index (χ2n) is 6.57. The number of hydrogen-bond donors (Lipinski definition) is 0. The minimum absolute atomic E-state index is 0.00484. The molecule has 0 atom stereocenters. The zero-order valence-corrected chi connectivity index (χ0v) is 14.6. The molecular weight excluding hydrogens is 320 g/mol. The fourth-order valence-electron chi connectivity index (χ4n) is 3.44. The monoisotopic (exact) mass is 340 g/mol. The number of rotatable bonds is 2. The summed E-state index contributed by atoms with van der Waals surface area (Å²) in [7, 11) is 0. The third-order valence-electron chi connectivity index (χ3n) is 4.81. The number of piperidine rings is 1. The smallest absolute Gasteiger partial charge is 0.259 e. The third-order valence-corrected chi connectivity index (χ3v) is 4.81. The molecule has 0 spiro atoms. The van der Waals surface area contributed by atoms with Gasteiger partial charge >= 0.3 is 0 Å². The van der Waals surface area contributed by atoms with Crippen molar-refractivity contribution in [1.82, 2.24) is 29.9 Å². The Morgan fingerprint density at radius 2 is 1.92 bits per heavy atom. The first-order valence-corrected chi connectivity index (χ1v) is 8.45. The Kier molecular flexibility index (Phi) is 3.74. The number of fused-ring (bicyclic) bond motifs is 1. The summed E-state index contributed by atoms with van der Waals surface area (Å²) < 4.78 is 6.94. The molecule has 1 aliphatic heterocycles. The van der Waals surface area contributed by atoms with Crippen LogP contribution in [0.1, 0.15) is 52.1 Å². The summed E-state index contributed by atoms with van der Waals surface area (Å²) in [5.74, 6) is 1.70. The number of amides is 1. The van der Waals surface area contributed by atoms with E-state index in [2.05, 4.69) is 20.5 Å². The number of aryl methyl sites for hydroxylation is 3. The molecule has 0 aromatic carbocycles. The van der Waals surface area contributed by atoms with E-state index in [1.165, 1.54) is 0 Å². The summed E-state index contributed by atoms with van der Waals surface area (Å²) in [6, 6.07) is 3.85. The normalized spacial score (nSPS) is 15.9. The van der Waals surface area contributed by atoms with Crippen LogP contribution in [-0.2, 0) is 0 Å². The highest BCUT2D eigenvalue weighted by Gasteiger charge is 2.30. The van der Waals surface area contributed by atoms with E-state index in [1.807, 2.05) is 28.5 Å². The summed E-state index contributed by atoms with van der Waals surface area (Å²) in [6.45, 7) is 6.87. The molecule has 130 valence electrons. The zero-order chi connectivity index (χ0) is 17.6. The van der Waals surface area contributed by atoms with Gasteiger partial charge in [-0.15, -0.1) is 10.2 Å². The fraction of sp³-hybridized carbons (Fsp3) is 0.471. The van der Waals surface area contributed by atoms with Gasteiger partial charge in [0.25, 0.3) is 5.91 Å². The molecule has 4 heterocycles. The van der Waals surface area contributed by atoms with Gasteiger partial charge in [0.15, 0.2) is 11.5 Å². The van der Waals surface area contributed by atoms with Gasteiger partial charge in [-0.25, -0.2) is 0 Å². The quantitative estimate of drug-likeness (QED) is 0.709. The second kappa shape index (κ2) is 5.94. The predicted molar refractivity (Wildman–Crippen MR) is 89.4 cm³/mol. The van der Waals surface area contributed by atoms with Crippen LogP contribution in [-0.4, -0.2) is 48.9 Å². The lowest BCUT2D eigenvalue weighted by Crippen LogP contribution is -2.38. The molecule has 8 heteroatoms. The van der Waals surface area contributed by atoms with E-state index in [4.69, 9.17) is 4.52 Å². The van der Waals surface area contributed by atoms with Gasteiger partial charge < -0.3 is 9.42 Å². The maximum absolute atomic E-state index is 12.7. The number of nitrogens with zero attached hydrogens (tertiary/aromatic N) is 6. The molecular formula is C17H20N6O2. The predicted octanol–water partition coefficient (Wildman–Crippen LogP) is 2.06. The number of hydrogen-bond acceptors (Lipinski definition) is 6. The first-order valence-electron chi connectivity index (χ1n) is 8.45. The topological polar surface area (TPSA) is 89.4 Å². The van der Waals surface area contributed by atoms with Crippen LogP contribution in [0.5, 0.6) is 0 Å². The number of carbonyl (C=O) groups is 1. The van der Waals surface area contributed by atoms with Crippen molar-refractivity contribution in [2.24, 2.45) is 0 Å². The van der Waals surface area contributed by atoms with Crippen LogP contribution in [0, 0.1) is 20.8 Å². The van der Waals surface area contributed by atoms with Crippen LogP contribution >= 0.6 is 0 Å². The third kappa shape index (κ3) is 2.67. The molecule has 3 aromatic rings. The zero-order valence-electron chi connectivity index (χ0n) is 14.6. The SMILES string of the molecule is Cc1ccc2nnc(C3CCN(C(=O)c4c(C)noc4C)CC3)n2n1. The van der Waals surface area contributed by atoms with Gasteiger partial charge in [0, 0.05) is 19.0 Å². The van der Waals surface area contributed by atoms with Gasteiger partial charge in [0.2, 0.25) is 0 Å². The molecule has 1 saturated heterocycles. The lowest BCUT2D eigenvalue weighted by molar-refractivity contribution is 0.0708. The number of aromatic nitrogens is 5. The van der Waals surface area contributed by atoms with Crippen molar-refractivity contribution < 1.29 is 9.32 Å². The Labute approximate surface area is 144 Å². The molecule has 25 heavy (non-hydrogen) atoms. The van der Waals surface area contributed by atoms with Crippen LogP contribution < -0.4 is 0 Å². The highest BCUT2D eigenvalue weighted by molar-refractivity contribution is 5.96. The fourth-order valence-corrected chi connectivity index (χ4v) is 3.44. The van der Waals surface area contributed by atoms with E-state index in [0.717, 1.165) is 30.0 Å². The number of carbonyl (C=O) groups excluding carboxylic acids is 1. The Bertz CT molecular complexity index is 916. The van der Waals surface area contributed by atoms with E-state index < -0.39 is 0 Å². The molecule has 0 N–H and O–H groups in total. The summed E-state index contributed by atoms with van der Waals surface area (Å²) in [5.41, 5.74) is 2.92. The number of likely N-dealkylation sites (tertiary alicyclic amines) is 1. The Hall–Kier alpha value is -2.77. The first-order chi connectivity index (χ1) is 12.0. The maximum Gasteiger partial charge on any atom is 0.259 e. The highest BCUT2D eigenvalue weighted by atomic mass is 16.5. The van der Waals surface area contributed by atoms with E-state index >= 15 is 0 Å². The second-order valence-corrected chi connectivity index (χ2v) is 6.57. The largest absolute Gasteiger partial charge is 0.361 e. The van der Waals surface area contributed by atoms with Crippen molar-refractivity contribution in [3.8, 4) is 0 Å². The molecule has 1 aliphatic rings. The molecule has 1 fully saturated rings. The van der Waals surface area contributed by atoms with Crippen LogP contribution in [0.4, 0.5) is 0 Å².